The average molecular weight is 450 g/mol. The van der Waals surface area contributed by atoms with Gasteiger partial charge in [-0.25, -0.2) is 0 Å². The first kappa shape index (κ1) is 17.6. The molecule has 0 spiro atoms. The van der Waals surface area contributed by atoms with E-state index in [1.54, 1.807) is 0 Å². The molecule has 0 fully saturated rings. The van der Waals surface area contributed by atoms with E-state index in [9.17, 15) is 19.4 Å². The average Bonchev–Trinajstić information content (AvgIpc) is 2.05. The van der Waals surface area contributed by atoms with Gasteiger partial charge >= 0.3 is 10.2 Å². The Morgan fingerprint density at radius 2 is 1.32 bits per heavy atom. The van der Waals surface area contributed by atoms with Crippen molar-refractivity contribution in [2.24, 2.45) is 0 Å². The summed E-state index contributed by atoms with van der Waals surface area (Å²) in [6, 6.07) is 0.862. The molecule has 0 unspecified atom stereocenters. The first-order chi connectivity index (χ1) is 7.99. The fraction of sp³-hybridized carbons (Fsp3) is 0.400. The quantitative estimate of drug-likeness (QED) is 0.328. The largest absolute Gasteiger partial charge is 0.310 e. The fourth-order valence-electron chi connectivity index (χ4n) is 1.16. The zero-order chi connectivity index (χ0) is 15.3. The van der Waals surface area contributed by atoms with Gasteiger partial charge in [-0.2, -0.15) is 0 Å². The Morgan fingerprint density at radius 1 is 0.947 bits per heavy atom. The minimum atomic E-state index is -9.65. The highest BCUT2D eigenvalue weighted by Crippen LogP contribution is 3.02. The van der Waals surface area contributed by atoms with Gasteiger partial charge in [-0.1, -0.05) is 40.2 Å². The van der Waals surface area contributed by atoms with Crippen molar-refractivity contribution in [1.29, 1.82) is 0 Å². The molecule has 1 aromatic rings. The van der Waals surface area contributed by atoms with Gasteiger partial charge in [0.1, 0.15) is 4.90 Å². The molecule has 19 heavy (non-hydrogen) atoms. The predicted octanol–water partition coefficient (Wildman–Crippen LogP) is 7.76. The summed E-state index contributed by atoms with van der Waals surface area (Å²) >= 11 is 7.13. The second-order valence-electron chi connectivity index (χ2n) is 4.90. The third kappa shape index (κ3) is 5.09. The fourth-order valence-corrected chi connectivity index (χ4v) is 4.74. The van der Waals surface area contributed by atoms with E-state index >= 15 is 0 Å². The van der Waals surface area contributed by atoms with Crippen molar-refractivity contribution in [3.63, 3.8) is 0 Å². The van der Waals surface area contributed by atoms with Gasteiger partial charge in [0.05, 0.1) is 0 Å². The maximum absolute atomic E-state index is 12.7. The Morgan fingerprint density at radius 3 is 1.58 bits per heavy atom. The summed E-state index contributed by atoms with van der Waals surface area (Å²) in [6.45, 7) is 5.61. The first-order valence-electron chi connectivity index (χ1n) is 4.92. The molecule has 0 atom stereocenters. The van der Waals surface area contributed by atoms with Crippen molar-refractivity contribution in [1.82, 2.24) is 0 Å². The molecular weight excluding hydrogens is 439 g/mol. The second kappa shape index (κ2) is 4.27. The molecule has 0 amide bonds. The van der Waals surface area contributed by atoms with Crippen LogP contribution in [0.15, 0.2) is 30.9 Å². The van der Waals surface area contributed by atoms with Crippen LogP contribution in [0.2, 0.25) is 0 Å². The van der Waals surface area contributed by atoms with Crippen molar-refractivity contribution in [3.05, 3.63) is 21.1 Å². The van der Waals surface area contributed by atoms with Crippen molar-refractivity contribution in [2.45, 2.75) is 35.3 Å². The molecule has 0 saturated carbocycles. The van der Waals surface area contributed by atoms with Crippen LogP contribution in [0.4, 0.5) is 19.4 Å². The van der Waals surface area contributed by atoms with Crippen molar-refractivity contribution in [2.75, 3.05) is 0 Å². The number of hydrogen-bond donors (Lipinski definition) is 0. The van der Waals surface area contributed by atoms with Crippen molar-refractivity contribution < 1.29 is 19.4 Å². The molecule has 0 saturated heterocycles. The lowest BCUT2D eigenvalue weighted by Crippen LogP contribution is -2.09. The van der Waals surface area contributed by atoms with Crippen LogP contribution < -0.4 is 0 Å². The van der Waals surface area contributed by atoms with Gasteiger partial charge in [-0.15, -0.1) is 11.8 Å². The molecule has 1 rings (SSSR count). The Bertz CT molecular complexity index is 496. The van der Waals surface area contributed by atoms with Gasteiger partial charge in [0.25, 0.3) is 0 Å². The molecule has 0 aliphatic heterocycles. The van der Waals surface area contributed by atoms with E-state index < -0.39 is 15.1 Å². The van der Waals surface area contributed by atoms with Crippen LogP contribution in [-0.4, -0.2) is 4.75 Å². The Hall–Kier alpha value is 0.530. The van der Waals surface area contributed by atoms with Gasteiger partial charge in [0, 0.05) is 18.6 Å². The van der Waals surface area contributed by atoms with E-state index in [0.29, 0.717) is 17.0 Å². The summed E-state index contributed by atoms with van der Waals surface area (Å²) in [4.78, 5) is -1.45. The smallest absolute Gasteiger partial charge is 0.118 e. The van der Waals surface area contributed by atoms with Crippen molar-refractivity contribution in [3.8, 4) is 0 Å². The third-order valence-electron chi connectivity index (χ3n) is 1.83. The number of halogens is 7. The summed E-state index contributed by atoms with van der Waals surface area (Å²) in [5.41, 5.74) is 0. The molecule has 0 N–H and O–H groups in total. The number of hydrogen-bond acceptors (Lipinski definition) is 1. The van der Waals surface area contributed by atoms with Crippen LogP contribution >= 0.6 is 53.8 Å². The second-order valence-corrected chi connectivity index (χ2v) is 10.9. The monoisotopic (exact) mass is 448 g/mol. The Balaban J connectivity index is 3.43. The van der Waals surface area contributed by atoms with Crippen LogP contribution in [-0.2, 0) is 0 Å². The lowest BCUT2D eigenvalue weighted by Gasteiger charge is -2.41. The standard InChI is InChI=1S/C10H11Br2F5S2/c1-10(2,3)18-9-7(11)4-6(5-8(9)12)19(13,14,15,16)17/h4-5H,1-3H3. The van der Waals surface area contributed by atoms with Crippen LogP contribution in [0.1, 0.15) is 20.8 Å². The normalized spacial score (nSPS) is 16.9. The van der Waals surface area contributed by atoms with Crippen LogP contribution in [0.3, 0.4) is 0 Å². The molecule has 0 nitrogen and oxygen atoms in total. The number of thioether (sulfide) groups is 1. The van der Waals surface area contributed by atoms with E-state index in [1.165, 1.54) is 11.8 Å². The third-order valence-corrected chi connectivity index (χ3v) is 5.98. The first-order valence-corrected chi connectivity index (χ1v) is 9.27. The molecule has 0 aliphatic rings. The van der Waals surface area contributed by atoms with E-state index in [-0.39, 0.29) is 13.7 Å². The van der Waals surface area contributed by atoms with Crippen LogP contribution in [0.25, 0.3) is 0 Å². The molecule has 0 bridgehead atoms. The topological polar surface area (TPSA) is 0 Å². The van der Waals surface area contributed by atoms with Gasteiger partial charge in [-0.05, 0) is 44.0 Å². The maximum Gasteiger partial charge on any atom is 0.310 e. The molecule has 0 heterocycles. The molecular formula is C10H11Br2F5S2. The molecule has 1 aromatic carbocycles. The van der Waals surface area contributed by atoms with E-state index in [1.807, 2.05) is 20.8 Å². The number of rotatable bonds is 2. The van der Waals surface area contributed by atoms with Gasteiger partial charge in [0.2, 0.25) is 0 Å². The highest BCUT2D eigenvalue weighted by atomic mass is 79.9. The van der Waals surface area contributed by atoms with Gasteiger partial charge in [-0.3, -0.25) is 0 Å². The van der Waals surface area contributed by atoms with Gasteiger partial charge < -0.3 is 0 Å². The van der Waals surface area contributed by atoms with E-state index in [0.717, 1.165) is 0 Å². The summed E-state index contributed by atoms with van der Waals surface area (Å²) in [6.07, 6.45) is 0. The molecule has 0 aromatic heterocycles. The highest BCUT2D eigenvalue weighted by molar-refractivity contribution is 9.11. The molecule has 112 valence electrons. The maximum atomic E-state index is 12.7. The SMILES string of the molecule is CC(C)(C)Sc1c(Br)cc(S(F)(F)(F)(F)F)cc1Br. The summed E-state index contributed by atoms with van der Waals surface area (Å²) in [7, 11) is -9.65. The summed E-state index contributed by atoms with van der Waals surface area (Å²) in [5.74, 6) is 0. The van der Waals surface area contributed by atoms with Crippen LogP contribution in [0.5, 0.6) is 0 Å². The molecule has 0 aliphatic carbocycles. The Kier molecular flexibility index (Phi) is 3.95. The lowest BCUT2D eigenvalue weighted by atomic mass is 10.3. The molecule has 0 radical (unpaired) electrons. The minimum absolute atomic E-state index is 0.00921. The Labute approximate surface area is 129 Å². The van der Waals surface area contributed by atoms with Crippen LogP contribution in [0, 0.1) is 0 Å². The minimum Gasteiger partial charge on any atom is -0.118 e. The number of benzene rings is 1. The highest BCUT2D eigenvalue weighted by Gasteiger charge is 2.65. The van der Waals surface area contributed by atoms with E-state index in [4.69, 9.17) is 0 Å². The predicted molar refractivity (Wildman–Crippen MR) is 78.8 cm³/mol. The summed E-state index contributed by atoms with van der Waals surface area (Å²) in [5, 5.41) is 0. The van der Waals surface area contributed by atoms with Gasteiger partial charge in [0.15, 0.2) is 0 Å². The molecule has 9 heteroatoms. The van der Waals surface area contributed by atoms with Crippen molar-refractivity contribution >= 4 is 53.8 Å². The zero-order valence-corrected chi connectivity index (χ0v) is 14.9. The van der Waals surface area contributed by atoms with E-state index in [2.05, 4.69) is 31.9 Å². The summed E-state index contributed by atoms with van der Waals surface area (Å²) < 4.78 is 63.4. The zero-order valence-electron chi connectivity index (χ0n) is 10.1. The lowest BCUT2D eigenvalue weighted by molar-refractivity contribution is 0.363.